The van der Waals surface area contributed by atoms with Gasteiger partial charge in [0.15, 0.2) is 12.2 Å². The maximum absolute atomic E-state index is 13.0. The molecule has 0 radical (unpaired) electrons. The molecule has 0 rings (SSSR count). The fraction of sp³-hybridized carbons (Fsp3) is 0.938. The number of hydrogen-bond donors (Lipinski definition) is 3. The summed E-state index contributed by atoms with van der Waals surface area (Å²) < 4.78 is 68.0. The number of ether oxygens (including phenoxy) is 4. The number of esters is 4. The minimum Gasteiger partial charge on any atom is -0.462 e. The highest BCUT2D eigenvalue weighted by Crippen LogP contribution is 2.45. The maximum atomic E-state index is 13.0. The number of phosphoric ester groups is 2. The van der Waals surface area contributed by atoms with Gasteiger partial charge < -0.3 is 33.8 Å². The van der Waals surface area contributed by atoms with E-state index >= 15 is 0 Å². The molecule has 0 saturated carbocycles. The molecule has 0 aromatic heterocycles. The summed E-state index contributed by atoms with van der Waals surface area (Å²) in [4.78, 5) is 72.2. The van der Waals surface area contributed by atoms with Crippen LogP contribution in [0.15, 0.2) is 0 Å². The van der Waals surface area contributed by atoms with E-state index < -0.39 is 97.5 Å². The second kappa shape index (κ2) is 54.2. The van der Waals surface area contributed by atoms with Crippen LogP contribution in [0.1, 0.15) is 306 Å². The van der Waals surface area contributed by atoms with Crippen molar-refractivity contribution >= 4 is 39.5 Å². The molecule has 6 atom stereocenters. The molecule has 0 heterocycles. The Balaban J connectivity index is 5.26. The van der Waals surface area contributed by atoms with Crippen molar-refractivity contribution in [3.63, 3.8) is 0 Å². The van der Waals surface area contributed by atoms with Crippen molar-refractivity contribution < 1.29 is 80.2 Å². The first-order valence-electron chi connectivity index (χ1n) is 33.2. The third-order valence-corrected chi connectivity index (χ3v) is 16.8. The molecule has 19 heteroatoms. The highest BCUT2D eigenvalue weighted by molar-refractivity contribution is 7.47. The largest absolute Gasteiger partial charge is 0.472 e. The first kappa shape index (κ1) is 81.1. The van der Waals surface area contributed by atoms with E-state index in [1.54, 1.807) is 0 Å². The van der Waals surface area contributed by atoms with Crippen LogP contribution in [0.25, 0.3) is 0 Å². The Morgan fingerprint density at radius 1 is 0.337 bits per heavy atom. The Morgan fingerprint density at radius 3 is 0.855 bits per heavy atom. The summed E-state index contributed by atoms with van der Waals surface area (Å²) in [6.45, 7) is 13.9. The SMILES string of the molecule is CCC(C)CCCCCCCCC(=O)O[C@H](COC(=O)CCCCCCCCCCC(C)C)COP(=O)(O)OCC(O)COP(=O)(O)OC[C@@H](COC(=O)CCCCCCCCCCC(C)C)OC(=O)CCCCCCCCCCC(C)C. The molecule has 0 fully saturated rings. The minimum atomic E-state index is -4.95. The molecule has 0 aromatic carbocycles. The van der Waals surface area contributed by atoms with Crippen molar-refractivity contribution in [2.24, 2.45) is 23.7 Å². The standard InChI is InChI=1S/C64H124O17P2/c1-9-57(8)43-35-27-22-23-31-39-47-64(69)81-60(51-75-62(67)45-37-29-20-14-11-17-25-33-41-55(4)5)53-79-83(72,73)77-49-58(65)48-76-82(70,71)78-52-59(80-63(68)46-38-30-21-15-12-18-26-34-42-56(6)7)50-74-61(66)44-36-28-19-13-10-16-24-32-40-54(2)3/h54-60,65H,9-53H2,1-8H3,(H,70,71)(H,72,73)/t57?,58?,59-,60-/m1/s1. The van der Waals surface area contributed by atoms with E-state index in [-0.39, 0.29) is 25.7 Å². The van der Waals surface area contributed by atoms with Crippen LogP contribution in [0.2, 0.25) is 0 Å². The fourth-order valence-corrected chi connectivity index (χ4v) is 11.0. The van der Waals surface area contributed by atoms with Crippen LogP contribution in [-0.4, -0.2) is 96.7 Å². The van der Waals surface area contributed by atoms with Crippen LogP contribution in [0.4, 0.5) is 0 Å². The second-order valence-electron chi connectivity index (χ2n) is 24.8. The number of aliphatic hydroxyl groups is 1. The quantitative estimate of drug-likeness (QED) is 0.0222. The zero-order valence-corrected chi connectivity index (χ0v) is 55.6. The van der Waals surface area contributed by atoms with Gasteiger partial charge in [0.25, 0.3) is 0 Å². The fourth-order valence-electron chi connectivity index (χ4n) is 9.40. The number of carbonyl (C=O) groups is 4. The number of aliphatic hydroxyl groups excluding tert-OH is 1. The van der Waals surface area contributed by atoms with Gasteiger partial charge in [-0.1, -0.05) is 254 Å². The van der Waals surface area contributed by atoms with Gasteiger partial charge in [-0.3, -0.25) is 37.3 Å². The molecule has 83 heavy (non-hydrogen) atoms. The van der Waals surface area contributed by atoms with E-state index in [0.717, 1.165) is 114 Å². The van der Waals surface area contributed by atoms with Crippen LogP contribution in [0, 0.1) is 23.7 Å². The van der Waals surface area contributed by atoms with Crippen LogP contribution in [0.3, 0.4) is 0 Å². The first-order chi connectivity index (χ1) is 39.6. The summed E-state index contributed by atoms with van der Waals surface area (Å²) in [5.74, 6) is 0.748. The second-order valence-corrected chi connectivity index (χ2v) is 27.7. The van der Waals surface area contributed by atoms with Gasteiger partial charge in [-0.2, -0.15) is 0 Å². The average Bonchev–Trinajstić information content (AvgIpc) is 3.44. The third kappa shape index (κ3) is 57.6. The Kier molecular flexibility index (Phi) is 53.0. The van der Waals surface area contributed by atoms with E-state index in [1.165, 1.54) is 109 Å². The van der Waals surface area contributed by atoms with E-state index in [2.05, 4.69) is 55.4 Å². The van der Waals surface area contributed by atoms with Gasteiger partial charge >= 0.3 is 39.5 Å². The molecule has 0 bridgehead atoms. The predicted octanol–water partition coefficient (Wildman–Crippen LogP) is 17.4. The van der Waals surface area contributed by atoms with Gasteiger partial charge in [-0.25, -0.2) is 9.13 Å². The summed E-state index contributed by atoms with van der Waals surface area (Å²) in [6.07, 6.45) is 33.6. The van der Waals surface area contributed by atoms with Crippen LogP contribution < -0.4 is 0 Å². The molecular weight excluding hydrogens is 1100 g/mol. The summed E-state index contributed by atoms with van der Waals surface area (Å²) in [6, 6.07) is 0. The van der Waals surface area contributed by atoms with Crippen molar-refractivity contribution in [3.05, 3.63) is 0 Å². The van der Waals surface area contributed by atoms with Gasteiger partial charge in [0.2, 0.25) is 0 Å². The lowest BCUT2D eigenvalue weighted by Crippen LogP contribution is -2.30. The van der Waals surface area contributed by atoms with E-state index in [0.29, 0.717) is 25.7 Å². The number of rotatable bonds is 61. The zero-order valence-electron chi connectivity index (χ0n) is 53.8. The Labute approximate surface area is 505 Å². The van der Waals surface area contributed by atoms with Crippen molar-refractivity contribution in [2.75, 3.05) is 39.6 Å². The average molecular weight is 1230 g/mol. The lowest BCUT2D eigenvalue weighted by Gasteiger charge is -2.21. The molecular formula is C64H124O17P2. The highest BCUT2D eigenvalue weighted by Gasteiger charge is 2.30. The molecule has 492 valence electrons. The molecule has 0 amide bonds. The maximum Gasteiger partial charge on any atom is 0.472 e. The zero-order chi connectivity index (χ0) is 61.8. The van der Waals surface area contributed by atoms with Gasteiger partial charge in [-0.15, -0.1) is 0 Å². The number of hydrogen-bond acceptors (Lipinski definition) is 15. The topological polar surface area (TPSA) is 237 Å². The molecule has 0 aromatic rings. The molecule has 0 aliphatic heterocycles. The molecule has 17 nitrogen and oxygen atoms in total. The highest BCUT2D eigenvalue weighted by atomic mass is 31.2. The normalized spacial score (nSPS) is 14.8. The molecule has 0 saturated heterocycles. The number of carbonyl (C=O) groups excluding carboxylic acids is 4. The Morgan fingerprint density at radius 2 is 0.578 bits per heavy atom. The van der Waals surface area contributed by atoms with Crippen LogP contribution in [-0.2, 0) is 65.4 Å². The van der Waals surface area contributed by atoms with Crippen LogP contribution >= 0.6 is 15.6 Å². The number of phosphoric acid groups is 2. The van der Waals surface area contributed by atoms with E-state index in [1.807, 2.05) is 0 Å². The van der Waals surface area contributed by atoms with Crippen molar-refractivity contribution in [1.82, 2.24) is 0 Å². The summed E-state index contributed by atoms with van der Waals surface area (Å²) in [7, 11) is -9.89. The Hall–Kier alpha value is -1.94. The predicted molar refractivity (Wildman–Crippen MR) is 331 cm³/mol. The number of unbranched alkanes of at least 4 members (excludes halogenated alkanes) is 26. The van der Waals surface area contributed by atoms with Crippen molar-refractivity contribution in [1.29, 1.82) is 0 Å². The van der Waals surface area contributed by atoms with Gasteiger partial charge in [0.05, 0.1) is 26.4 Å². The summed E-state index contributed by atoms with van der Waals surface area (Å²) >= 11 is 0. The van der Waals surface area contributed by atoms with Crippen molar-refractivity contribution in [3.8, 4) is 0 Å². The lowest BCUT2D eigenvalue weighted by atomic mass is 10.00. The summed E-state index contributed by atoms with van der Waals surface area (Å²) in [5.41, 5.74) is 0. The minimum absolute atomic E-state index is 0.102. The Bertz CT molecular complexity index is 1660. The van der Waals surface area contributed by atoms with Gasteiger partial charge in [0.1, 0.15) is 19.3 Å². The van der Waals surface area contributed by atoms with Crippen molar-refractivity contribution in [2.45, 2.75) is 324 Å². The smallest absolute Gasteiger partial charge is 0.462 e. The first-order valence-corrected chi connectivity index (χ1v) is 36.2. The molecule has 3 N–H and O–H groups in total. The van der Waals surface area contributed by atoms with Crippen LogP contribution in [0.5, 0.6) is 0 Å². The van der Waals surface area contributed by atoms with E-state index in [9.17, 15) is 43.2 Å². The monoisotopic (exact) mass is 1230 g/mol. The third-order valence-electron chi connectivity index (χ3n) is 14.9. The molecule has 4 unspecified atom stereocenters. The lowest BCUT2D eigenvalue weighted by molar-refractivity contribution is -0.161. The van der Waals surface area contributed by atoms with Gasteiger partial charge in [-0.05, 0) is 49.4 Å². The van der Waals surface area contributed by atoms with Gasteiger partial charge in [0, 0.05) is 25.7 Å². The molecule has 0 aliphatic carbocycles. The van der Waals surface area contributed by atoms with E-state index in [4.69, 9.17) is 37.0 Å². The molecule has 0 aliphatic rings. The molecule has 0 spiro atoms. The summed E-state index contributed by atoms with van der Waals surface area (Å²) in [5, 5.41) is 10.5.